The van der Waals surface area contributed by atoms with Crippen LogP contribution in [0.1, 0.15) is 50.6 Å². The zero-order chi connectivity index (χ0) is 17.9. The van der Waals surface area contributed by atoms with Crippen molar-refractivity contribution >= 4 is 23.4 Å². The number of fused-ring (bicyclic) bond motifs is 1. The molecular formula is C17H27N5OS. The van der Waals surface area contributed by atoms with Gasteiger partial charge in [-0.25, -0.2) is 9.50 Å². The van der Waals surface area contributed by atoms with Crippen LogP contribution in [0.3, 0.4) is 0 Å². The SMILES string of the molecule is CSc1nc2nc(C)c(CC(=O)NC(C)CCC(C)C)c(C)n2n1. The number of carbonyl (C=O) groups is 1. The highest BCUT2D eigenvalue weighted by Gasteiger charge is 2.17. The molecule has 0 spiro atoms. The molecule has 0 aliphatic rings. The fourth-order valence-corrected chi connectivity index (χ4v) is 3.01. The number of aryl methyl sites for hydroxylation is 2. The van der Waals surface area contributed by atoms with Crippen LogP contribution in [0.5, 0.6) is 0 Å². The number of hydrogen-bond acceptors (Lipinski definition) is 5. The molecule has 0 aliphatic carbocycles. The molecule has 1 unspecified atom stereocenters. The monoisotopic (exact) mass is 349 g/mol. The Kier molecular flexibility index (Phi) is 6.21. The van der Waals surface area contributed by atoms with Gasteiger partial charge in [0.15, 0.2) is 0 Å². The number of rotatable bonds is 7. The van der Waals surface area contributed by atoms with E-state index in [1.54, 1.807) is 4.52 Å². The number of nitrogens with zero attached hydrogens (tertiary/aromatic N) is 4. The van der Waals surface area contributed by atoms with E-state index >= 15 is 0 Å². The Balaban J connectivity index is 2.12. The molecule has 0 aliphatic heterocycles. The fourth-order valence-electron chi connectivity index (χ4n) is 2.67. The number of amides is 1. The summed E-state index contributed by atoms with van der Waals surface area (Å²) in [5, 5.41) is 8.20. The van der Waals surface area contributed by atoms with Gasteiger partial charge < -0.3 is 5.32 Å². The van der Waals surface area contributed by atoms with Crippen molar-refractivity contribution in [2.45, 2.75) is 65.1 Å². The van der Waals surface area contributed by atoms with E-state index in [9.17, 15) is 4.79 Å². The second kappa shape index (κ2) is 7.96. The summed E-state index contributed by atoms with van der Waals surface area (Å²) in [6.07, 6.45) is 4.37. The molecule has 0 saturated heterocycles. The third-order valence-electron chi connectivity index (χ3n) is 4.13. The lowest BCUT2D eigenvalue weighted by molar-refractivity contribution is -0.121. The molecule has 7 heteroatoms. The smallest absolute Gasteiger partial charge is 0.253 e. The maximum atomic E-state index is 12.4. The van der Waals surface area contributed by atoms with Gasteiger partial charge >= 0.3 is 0 Å². The quantitative estimate of drug-likeness (QED) is 0.778. The van der Waals surface area contributed by atoms with Crippen molar-refractivity contribution in [2.24, 2.45) is 5.92 Å². The van der Waals surface area contributed by atoms with E-state index in [4.69, 9.17) is 0 Å². The highest BCUT2D eigenvalue weighted by atomic mass is 32.2. The molecule has 132 valence electrons. The minimum atomic E-state index is 0.0313. The maximum absolute atomic E-state index is 12.4. The van der Waals surface area contributed by atoms with E-state index in [-0.39, 0.29) is 11.9 Å². The zero-order valence-electron chi connectivity index (χ0n) is 15.4. The van der Waals surface area contributed by atoms with Crippen LogP contribution in [0.15, 0.2) is 5.16 Å². The van der Waals surface area contributed by atoms with Crippen molar-refractivity contribution in [1.29, 1.82) is 0 Å². The lowest BCUT2D eigenvalue weighted by Crippen LogP contribution is -2.34. The van der Waals surface area contributed by atoms with Crippen molar-refractivity contribution < 1.29 is 4.79 Å². The van der Waals surface area contributed by atoms with E-state index in [0.717, 1.165) is 29.8 Å². The maximum Gasteiger partial charge on any atom is 0.253 e. The average molecular weight is 350 g/mol. The summed E-state index contributed by atoms with van der Waals surface area (Å²) in [5.41, 5.74) is 2.69. The highest BCUT2D eigenvalue weighted by molar-refractivity contribution is 7.98. The molecule has 6 nitrogen and oxygen atoms in total. The van der Waals surface area contributed by atoms with Crippen LogP contribution in [0.4, 0.5) is 0 Å². The standard InChI is InChI=1S/C17H27N5OS/c1-10(2)7-8-11(3)18-15(23)9-14-12(4)19-16-20-17(24-6)21-22(16)13(14)5/h10-11H,7-9H2,1-6H3,(H,18,23). The number of hydrogen-bond donors (Lipinski definition) is 1. The van der Waals surface area contributed by atoms with E-state index in [2.05, 4.69) is 41.2 Å². The summed E-state index contributed by atoms with van der Waals surface area (Å²) in [5.74, 6) is 1.27. The van der Waals surface area contributed by atoms with Crippen LogP contribution >= 0.6 is 11.8 Å². The summed E-state index contributed by atoms with van der Waals surface area (Å²) in [4.78, 5) is 21.2. The van der Waals surface area contributed by atoms with Crippen molar-refractivity contribution in [3.05, 3.63) is 17.0 Å². The summed E-state index contributed by atoms with van der Waals surface area (Å²) < 4.78 is 1.73. The number of carbonyl (C=O) groups excluding carboxylic acids is 1. The molecule has 0 bridgehead atoms. The third kappa shape index (κ3) is 4.47. The van der Waals surface area contributed by atoms with Crippen LogP contribution in [0.25, 0.3) is 5.78 Å². The first kappa shape index (κ1) is 18.7. The van der Waals surface area contributed by atoms with Gasteiger partial charge in [-0.1, -0.05) is 25.6 Å². The average Bonchev–Trinajstić information content (AvgIpc) is 2.92. The van der Waals surface area contributed by atoms with E-state index < -0.39 is 0 Å². The van der Waals surface area contributed by atoms with Gasteiger partial charge in [0.1, 0.15) is 0 Å². The molecule has 0 radical (unpaired) electrons. The van der Waals surface area contributed by atoms with Crippen molar-refractivity contribution in [2.75, 3.05) is 6.26 Å². The number of thioether (sulfide) groups is 1. The topological polar surface area (TPSA) is 72.2 Å². The molecule has 24 heavy (non-hydrogen) atoms. The Labute approximate surface area is 147 Å². The summed E-state index contributed by atoms with van der Waals surface area (Å²) in [6, 6.07) is 0.187. The number of nitrogens with one attached hydrogen (secondary N) is 1. The minimum Gasteiger partial charge on any atom is -0.353 e. The predicted molar refractivity (Wildman–Crippen MR) is 97.4 cm³/mol. The molecule has 1 atom stereocenters. The zero-order valence-corrected chi connectivity index (χ0v) is 16.2. The van der Waals surface area contributed by atoms with Crippen molar-refractivity contribution in [3.63, 3.8) is 0 Å². The summed E-state index contributed by atoms with van der Waals surface area (Å²) in [7, 11) is 0. The number of aromatic nitrogens is 4. The Bertz CT molecular complexity index is 725. The van der Waals surface area contributed by atoms with E-state index in [0.29, 0.717) is 23.3 Å². The van der Waals surface area contributed by atoms with Gasteiger partial charge in [-0.05, 0) is 45.8 Å². The molecule has 2 heterocycles. The molecule has 2 aromatic rings. The Morgan fingerprint density at radius 2 is 1.92 bits per heavy atom. The highest BCUT2D eigenvalue weighted by Crippen LogP contribution is 2.17. The van der Waals surface area contributed by atoms with E-state index in [1.807, 2.05) is 20.1 Å². The lowest BCUT2D eigenvalue weighted by Gasteiger charge is -2.16. The van der Waals surface area contributed by atoms with Gasteiger partial charge in [-0.3, -0.25) is 4.79 Å². The summed E-state index contributed by atoms with van der Waals surface area (Å²) in [6.45, 7) is 10.3. The van der Waals surface area contributed by atoms with Gasteiger partial charge in [0.2, 0.25) is 11.1 Å². The summed E-state index contributed by atoms with van der Waals surface area (Å²) >= 11 is 1.48. The van der Waals surface area contributed by atoms with Crippen LogP contribution in [-0.2, 0) is 11.2 Å². The molecule has 0 saturated carbocycles. The Morgan fingerprint density at radius 3 is 2.54 bits per heavy atom. The molecule has 1 amide bonds. The van der Waals surface area contributed by atoms with Gasteiger partial charge in [0, 0.05) is 23.0 Å². The van der Waals surface area contributed by atoms with Crippen LogP contribution in [0.2, 0.25) is 0 Å². The normalized spacial score (nSPS) is 12.8. The van der Waals surface area contributed by atoms with Gasteiger partial charge in [0.05, 0.1) is 6.42 Å². The van der Waals surface area contributed by atoms with Crippen molar-refractivity contribution in [3.8, 4) is 0 Å². The molecule has 1 N–H and O–H groups in total. The third-order valence-corrected chi connectivity index (χ3v) is 4.67. The molecule has 2 rings (SSSR count). The lowest BCUT2D eigenvalue weighted by atomic mass is 10.0. The largest absolute Gasteiger partial charge is 0.353 e. The van der Waals surface area contributed by atoms with Crippen LogP contribution < -0.4 is 5.32 Å². The fraction of sp³-hybridized carbons (Fsp3) is 0.647. The molecule has 0 fully saturated rings. The Morgan fingerprint density at radius 1 is 1.21 bits per heavy atom. The Hall–Kier alpha value is -1.63. The first-order chi connectivity index (χ1) is 11.3. The second-order valence-electron chi connectivity index (χ2n) is 6.69. The van der Waals surface area contributed by atoms with Crippen LogP contribution in [-0.4, -0.2) is 37.8 Å². The van der Waals surface area contributed by atoms with Crippen molar-refractivity contribution in [1.82, 2.24) is 24.9 Å². The first-order valence-corrected chi connectivity index (χ1v) is 9.60. The van der Waals surface area contributed by atoms with Crippen LogP contribution in [0, 0.1) is 19.8 Å². The molecular weight excluding hydrogens is 322 g/mol. The first-order valence-electron chi connectivity index (χ1n) is 8.38. The predicted octanol–water partition coefficient (Wildman–Crippen LogP) is 2.95. The second-order valence-corrected chi connectivity index (χ2v) is 7.46. The molecule has 2 aromatic heterocycles. The minimum absolute atomic E-state index is 0.0313. The van der Waals surface area contributed by atoms with Gasteiger partial charge in [0.25, 0.3) is 5.78 Å². The van der Waals surface area contributed by atoms with Gasteiger partial charge in [-0.15, -0.1) is 5.10 Å². The molecule has 0 aromatic carbocycles. The van der Waals surface area contributed by atoms with Gasteiger partial charge in [-0.2, -0.15) is 4.98 Å². The van der Waals surface area contributed by atoms with E-state index in [1.165, 1.54) is 11.8 Å².